The van der Waals surface area contributed by atoms with Crippen molar-refractivity contribution in [1.82, 2.24) is 4.98 Å². The molecule has 6 nitrogen and oxygen atoms in total. The van der Waals surface area contributed by atoms with Crippen molar-refractivity contribution in [3.63, 3.8) is 0 Å². The van der Waals surface area contributed by atoms with Crippen molar-refractivity contribution >= 4 is 22.4 Å². The summed E-state index contributed by atoms with van der Waals surface area (Å²) < 4.78 is 5.39. The lowest BCUT2D eigenvalue weighted by Gasteiger charge is -2.23. The molecule has 6 heteroatoms. The first-order valence-electron chi connectivity index (χ1n) is 6.84. The number of rotatable bonds is 6. The van der Waals surface area contributed by atoms with Crippen molar-refractivity contribution in [2.24, 2.45) is 10.9 Å². The molecule has 2 rings (SSSR count). The molecule has 0 atom stereocenters. The third kappa shape index (κ3) is 3.16. The van der Waals surface area contributed by atoms with E-state index in [9.17, 15) is 0 Å². The monoisotopic (exact) mass is 288 g/mol. The number of ether oxygens (including phenoxy) is 1. The molecule has 21 heavy (non-hydrogen) atoms. The molecule has 0 aliphatic heterocycles. The van der Waals surface area contributed by atoms with E-state index in [0.717, 1.165) is 28.9 Å². The minimum absolute atomic E-state index is 0.214. The zero-order valence-electron chi connectivity index (χ0n) is 12.3. The SMILES string of the molecule is CCN(CC/C(N)=N/O)c1nccc2c(OC)cccc12. The van der Waals surface area contributed by atoms with Crippen LogP contribution in [0.15, 0.2) is 35.6 Å². The van der Waals surface area contributed by atoms with E-state index in [4.69, 9.17) is 15.7 Å². The van der Waals surface area contributed by atoms with E-state index in [1.807, 2.05) is 31.2 Å². The molecule has 3 N–H and O–H groups in total. The van der Waals surface area contributed by atoms with Gasteiger partial charge in [-0.2, -0.15) is 0 Å². The molecule has 1 aromatic heterocycles. The Balaban J connectivity index is 2.39. The van der Waals surface area contributed by atoms with Crippen LogP contribution < -0.4 is 15.4 Å². The maximum Gasteiger partial charge on any atom is 0.140 e. The zero-order chi connectivity index (χ0) is 15.2. The molecule has 0 saturated heterocycles. The van der Waals surface area contributed by atoms with Crippen LogP contribution in [0, 0.1) is 0 Å². The largest absolute Gasteiger partial charge is 0.496 e. The highest BCUT2D eigenvalue weighted by Crippen LogP contribution is 2.30. The Bertz CT molecular complexity index is 643. The summed E-state index contributed by atoms with van der Waals surface area (Å²) in [6.45, 7) is 3.46. The Hall–Kier alpha value is -2.50. The number of oxime groups is 1. The van der Waals surface area contributed by atoms with Crippen LogP contribution in [0.4, 0.5) is 5.82 Å². The molecule has 0 unspecified atom stereocenters. The summed E-state index contributed by atoms with van der Waals surface area (Å²) in [4.78, 5) is 6.58. The number of aromatic nitrogens is 1. The second kappa shape index (κ2) is 6.78. The van der Waals surface area contributed by atoms with E-state index in [-0.39, 0.29) is 5.84 Å². The summed E-state index contributed by atoms with van der Waals surface area (Å²) in [5.41, 5.74) is 5.55. The predicted molar refractivity (Wildman–Crippen MR) is 84.2 cm³/mol. The topological polar surface area (TPSA) is 84.0 Å². The van der Waals surface area contributed by atoms with E-state index in [1.54, 1.807) is 13.3 Å². The molecule has 0 spiro atoms. The Labute approximate surface area is 123 Å². The second-order valence-corrected chi connectivity index (χ2v) is 4.61. The van der Waals surface area contributed by atoms with Gasteiger partial charge in [0, 0.05) is 36.5 Å². The third-order valence-corrected chi connectivity index (χ3v) is 3.41. The van der Waals surface area contributed by atoms with Crippen LogP contribution in [0.1, 0.15) is 13.3 Å². The van der Waals surface area contributed by atoms with Gasteiger partial charge in [-0.15, -0.1) is 0 Å². The highest BCUT2D eigenvalue weighted by Gasteiger charge is 2.12. The van der Waals surface area contributed by atoms with E-state index in [1.165, 1.54) is 0 Å². The number of nitrogens with two attached hydrogens (primary N) is 1. The highest BCUT2D eigenvalue weighted by molar-refractivity contribution is 5.96. The molecule has 0 bridgehead atoms. The quantitative estimate of drug-likeness (QED) is 0.368. The normalized spacial score (nSPS) is 11.6. The number of fused-ring (bicyclic) bond motifs is 1. The van der Waals surface area contributed by atoms with Crippen molar-refractivity contribution in [2.75, 3.05) is 25.1 Å². The average Bonchev–Trinajstić information content (AvgIpc) is 2.54. The number of hydrogen-bond acceptors (Lipinski definition) is 5. The van der Waals surface area contributed by atoms with E-state index in [0.29, 0.717) is 13.0 Å². The van der Waals surface area contributed by atoms with Gasteiger partial charge in [0.05, 0.1) is 7.11 Å². The molecule has 0 fully saturated rings. The number of pyridine rings is 1. The lowest BCUT2D eigenvalue weighted by atomic mass is 10.1. The summed E-state index contributed by atoms with van der Waals surface area (Å²) >= 11 is 0. The van der Waals surface area contributed by atoms with Crippen LogP contribution in [0.5, 0.6) is 5.75 Å². The van der Waals surface area contributed by atoms with Gasteiger partial charge in [-0.25, -0.2) is 4.98 Å². The van der Waals surface area contributed by atoms with Gasteiger partial charge in [0.25, 0.3) is 0 Å². The van der Waals surface area contributed by atoms with Crippen LogP contribution in [-0.4, -0.2) is 36.2 Å². The molecule has 2 aromatic rings. The van der Waals surface area contributed by atoms with E-state index < -0.39 is 0 Å². The number of amidine groups is 1. The van der Waals surface area contributed by atoms with Crippen molar-refractivity contribution in [2.45, 2.75) is 13.3 Å². The van der Waals surface area contributed by atoms with Crippen molar-refractivity contribution in [3.8, 4) is 5.75 Å². The average molecular weight is 288 g/mol. The molecule has 1 aromatic carbocycles. The Morgan fingerprint density at radius 1 is 1.38 bits per heavy atom. The van der Waals surface area contributed by atoms with Crippen molar-refractivity contribution in [1.29, 1.82) is 0 Å². The number of anilines is 1. The molecule has 0 aliphatic carbocycles. The fraction of sp³-hybridized carbons (Fsp3) is 0.333. The first kappa shape index (κ1) is 14.9. The van der Waals surface area contributed by atoms with Crippen molar-refractivity contribution < 1.29 is 9.94 Å². The smallest absolute Gasteiger partial charge is 0.140 e. The van der Waals surface area contributed by atoms with Gasteiger partial charge < -0.3 is 20.6 Å². The second-order valence-electron chi connectivity index (χ2n) is 4.61. The van der Waals surface area contributed by atoms with Crippen LogP contribution in [-0.2, 0) is 0 Å². The summed E-state index contributed by atoms with van der Waals surface area (Å²) in [6.07, 6.45) is 2.25. The minimum atomic E-state index is 0.214. The summed E-state index contributed by atoms with van der Waals surface area (Å²) in [6, 6.07) is 7.84. The number of nitrogens with zero attached hydrogens (tertiary/aromatic N) is 3. The molecule has 1 heterocycles. The Kier molecular flexibility index (Phi) is 4.81. The van der Waals surface area contributed by atoms with Gasteiger partial charge in [-0.1, -0.05) is 17.3 Å². The molecule has 112 valence electrons. The number of hydrogen-bond donors (Lipinski definition) is 2. The summed E-state index contributed by atoms with van der Waals surface area (Å²) in [5.74, 6) is 1.91. The van der Waals surface area contributed by atoms with Crippen LogP contribution in [0.2, 0.25) is 0 Å². The molecular formula is C15H20N4O2. The van der Waals surface area contributed by atoms with E-state index >= 15 is 0 Å². The fourth-order valence-electron chi connectivity index (χ4n) is 2.31. The fourth-order valence-corrected chi connectivity index (χ4v) is 2.31. The van der Waals surface area contributed by atoms with Crippen LogP contribution in [0.3, 0.4) is 0 Å². The Morgan fingerprint density at radius 3 is 2.86 bits per heavy atom. The zero-order valence-corrected chi connectivity index (χ0v) is 12.3. The van der Waals surface area contributed by atoms with Gasteiger partial charge in [-0.3, -0.25) is 0 Å². The Morgan fingerprint density at radius 2 is 2.19 bits per heavy atom. The maximum atomic E-state index is 8.64. The molecular weight excluding hydrogens is 268 g/mol. The van der Waals surface area contributed by atoms with E-state index in [2.05, 4.69) is 15.0 Å². The first-order valence-corrected chi connectivity index (χ1v) is 6.84. The predicted octanol–water partition coefficient (Wildman–Crippen LogP) is 2.21. The van der Waals surface area contributed by atoms with Gasteiger partial charge >= 0.3 is 0 Å². The summed E-state index contributed by atoms with van der Waals surface area (Å²) in [5, 5.41) is 13.7. The van der Waals surface area contributed by atoms with Crippen LogP contribution >= 0.6 is 0 Å². The van der Waals surface area contributed by atoms with Gasteiger partial charge in [0.2, 0.25) is 0 Å². The number of methoxy groups -OCH3 is 1. The molecule has 0 saturated carbocycles. The highest BCUT2D eigenvalue weighted by atomic mass is 16.5. The van der Waals surface area contributed by atoms with Gasteiger partial charge in [-0.05, 0) is 19.1 Å². The minimum Gasteiger partial charge on any atom is -0.496 e. The van der Waals surface area contributed by atoms with Gasteiger partial charge in [0.15, 0.2) is 0 Å². The van der Waals surface area contributed by atoms with Crippen molar-refractivity contribution in [3.05, 3.63) is 30.5 Å². The lowest BCUT2D eigenvalue weighted by molar-refractivity contribution is 0.317. The van der Waals surface area contributed by atoms with Crippen LogP contribution in [0.25, 0.3) is 10.8 Å². The standard InChI is InChI=1S/C15H20N4O2/c1-3-19(10-8-14(16)18-20)15-12-5-4-6-13(21-2)11(12)7-9-17-15/h4-7,9,20H,3,8,10H2,1-2H3,(H2,16,18). The third-order valence-electron chi connectivity index (χ3n) is 3.41. The molecule has 0 aliphatic rings. The first-order chi connectivity index (χ1) is 10.2. The van der Waals surface area contributed by atoms with Gasteiger partial charge in [0.1, 0.15) is 17.4 Å². The number of benzene rings is 1. The molecule has 0 amide bonds. The lowest BCUT2D eigenvalue weighted by Crippen LogP contribution is -2.28. The molecule has 0 radical (unpaired) electrons. The maximum absolute atomic E-state index is 8.64. The summed E-state index contributed by atoms with van der Waals surface area (Å²) in [7, 11) is 1.66.